The number of aromatic nitrogens is 2. The number of nitrogens with zero attached hydrogens (tertiary/aromatic N) is 2. The highest BCUT2D eigenvalue weighted by molar-refractivity contribution is 7.89. The van der Waals surface area contributed by atoms with E-state index in [2.05, 4.69) is 9.97 Å². The molecule has 10 heteroatoms. The van der Waals surface area contributed by atoms with Gasteiger partial charge in [0.2, 0.25) is 0 Å². The lowest BCUT2D eigenvalue weighted by Gasteiger charge is -2.27. The number of H-pyrrole nitrogens is 1. The molecular formula is C21H21N3O6S. The van der Waals surface area contributed by atoms with Gasteiger partial charge in [-0.05, 0) is 24.6 Å². The molecule has 0 aliphatic heterocycles. The second-order valence-corrected chi connectivity index (χ2v) is 8.60. The summed E-state index contributed by atoms with van der Waals surface area (Å²) >= 11 is 0. The number of nitrogens with one attached hydrogen (secondary N) is 1. The van der Waals surface area contributed by atoms with E-state index in [9.17, 15) is 23.1 Å². The Morgan fingerprint density at radius 3 is 2.39 bits per heavy atom. The quantitative estimate of drug-likeness (QED) is 0.547. The minimum atomic E-state index is -4.53. The lowest BCUT2D eigenvalue weighted by Crippen LogP contribution is -2.49. The number of aliphatic carboxylic acids is 1. The maximum Gasteiger partial charge on any atom is 0.425 e. The molecule has 9 nitrogen and oxygen atoms in total. The van der Waals surface area contributed by atoms with Crippen molar-refractivity contribution in [2.45, 2.75) is 30.9 Å². The van der Waals surface area contributed by atoms with Crippen LogP contribution in [0.1, 0.15) is 16.8 Å². The molecule has 0 spiro atoms. The zero-order chi connectivity index (χ0) is 22.4. The first-order valence-electron chi connectivity index (χ1n) is 9.31. The summed E-state index contributed by atoms with van der Waals surface area (Å²) in [6, 6.07) is 12.7. The topological polar surface area (TPSA) is 130 Å². The lowest BCUT2D eigenvalue weighted by atomic mass is 10.2. The van der Waals surface area contributed by atoms with Crippen LogP contribution in [-0.2, 0) is 32.6 Å². The number of carboxylic acid groups (broad SMARTS) is 1. The highest BCUT2D eigenvalue weighted by atomic mass is 32.2. The number of carboxylic acids is 1. The Balaban J connectivity index is 1.97. The summed E-state index contributed by atoms with van der Waals surface area (Å²) in [5, 5.41) is 9.78. The summed E-state index contributed by atoms with van der Waals surface area (Å²) in [5.74, 6) is -1.50. The van der Waals surface area contributed by atoms with Crippen LogP contribution in [0.15, 0.2) is 72.0 Å². The molecule has 162 valence electrons. The summed E-state index contributed by atoms with van der Waals surface area (Å²) in [6.45, 7) is 1.57. The van der Waals surface area contributed by atoms with Gasteiger partial charge >= 0.3 is 12.1 Å². The smallest absolute Gasteiger partial charge is 0.425 e. The van der Waals surface area contributed by atoms with Crippen LogP contribution in [0.3, 0.4) is 0 Å². The fraction of sp³-hybridized carbons (Fsp3) is 0.190. The first-order chi connectivity index (χ1) is 14.8. The van der Waals surface area contributed by atoms with Gasteiger partial charge in [0.15, 0.2) is 6.04 Å². The number of benzene rings is 2. The highest BCUT2D eigenvalue weighted by Gasteiger charge is 2.41. The van der Waals surface area contributed by atoms with Crippen LogP contribution >= 0.6 is 0 Å². The van der Waals surface area contributed by atoms with Gasteiger partial charge in [-0.15, -0.1) is 0 Å². The van der Waals surface area contributed by atoms with Crippen LogP contribution in [0.2, 0.25) is 0 Å². The summed E-state index contributed by atoms with van der Waals surface area (Å²) in [6.07, 6.45) is 1.11. The number of amides is 1. The molecule has 0 radical (unpaired) electrons. The third-order valence-corrected chi connectivity index (χ3v) is 6.29. The van der Waals surface area contributed by atoms with Crippen molar-refractivity contribution in [3.8, 4) is 0 Å². The van der Waals surface area contributed by atoms with E-state index in [1.165, 1.54) is 24.7 Å². The zero-order valence-electron chi connectivity index (χ0n) is 16.6. The van der Waals surface area contributed by atoms with E-state index in [0.29, 0.717) is 11.3 Å². The van der Waals surface area contributed by atoms with Gasteiger partial charge in [-0.3, -0.25) is 0 Å². The van der Waals surface area contributed by atoms with Gasteiger partial charge in [0.05, 0.1) is 11.2 Å². The van der Waals surface area contributed by atoms with E-state index in [-0.39, 0.29) is 22.2 Å². The van der Waals surface area contributed by atoms with Gasteiger partial charge in [-0.2, -0.15) is 4.31 Å². The van der Waals surface area contributed by atoms with E-state index in [1.54, 1.807) is 49.4 Å². The van der Waals surface area contributed by atoms with E-state index in [1.807, 2.05) is 0 Å². The summed E-state index contributed by atoms with van der Waals surface area (Å²) in [4.78, 5) is 31.3. The molecule has 0 saturated heterocycles. The van der Waals surface area contributed by atoms with Crippen LogP contribution in [0.5, 0.6) is 0 Å². The first kappa shape index (κ1) is 22.0. The van der Waals surface area contributed by atoms with Gasteiger partial charge in [0, 0.05) is 18.3 Å². The second kappa shape index (κ2) is 9.43. The molecule has 0 bridgehead atoms. The molecular weight excluding hydrogens is 422 g/mol. The Kier molecular flexibility index (Phi) is 6.71. The predicted molar refractivity (Wildman–Crippen MR) is 111 cm³/mol. The number of aromatic amines is 1. The Labute approximate surface area is 179 Å². The van der Waals surface area contributed by atoms with E-state index >= 15 is 0 Å². The van der Waals surface area contributed by atoms with Crippen molar-refractivity contribution in [1.82, 2.24) is 14.3 Å². The molecule has 0 aliphatic carbocycles. The normalized spacial score (nSPS) is 12.2. The average Bonchev–Trinajstić information content (AvgIpc) is 3.26. The first-order valence-corrected chi connectivity index (χ1v) is 10.7. The number of rotatable bonds is 8. The van der Waals surface area contributed by atoms with Crippen molar-refractivity contribution in [1.29, 1.82) is 0 Å². The standard InChI is InChI=1S/C21H21N3O6S/c1-15-7-9-18(10-8-15)31(28,29)24(19(20(25)26)11-17-12-22-14-23-17)21(27)30-13-16-5-3-2-4-6-16/h2-10,12,14,19H,11,13H2,1H3,(H,22,23)(H,25,26). The van der Waals surface area contributed by atoms with Crippen LogP contribution in [0.4, 0.5) is 4.79 Å². The van der Waals surface area contributed by atoms with Crippen LogP contribution in [0.25, 0.3) is 0 Å². The van der Waals surface area contributed by atoms with E-state index < -0.39 is 28.1 Å². The van der Waals surface area contributed by atoms with Gasteiger partial charge in [-0.1, -0.05) is 48.0 Å². The number of sulfonamides is 1. The van der Waals surface area contributed by atoms with Crippen molar-refractivity contribution in [2.24, 2.45) is 0 Å². The fourth-order valence-electron chi connectivity index (χ4n) is 2.87. The van der Waals surface area contributed by atoms with Gasteiger partial charge in [0.25, 0.3) is 10.0 Å². The summed E-state index contributed by atoms with van der Waals surface area (Å²) < 4.78 is 32.1. The number of imidazole rings is 1. The highest BCUT2D eigenvalue weighted by Crippen LogP contribution is 2.23. The van der Waals surface area contributed by atoms with E-state index in [0.717, 1.165) is 5.56 Å². The molecule has 31 heavy (non-hydrogen) atoms. The largest absolute Gasteiger partial charge is 0.480 e. The second-order valence-electron chi connectivity index (χ2n) is 6.79. The zero-order valence-corrected chi connectivity index (χ0v) is 17.5. The van der Waals surface area contributed by atoms with E-state index in [4.69, 9.17) is 4.74 Å². The molecule has 0 aliphatic rings. The van der Waals surface area contributed by atoms with Crippen LogP contribution in [0, 0.1) is 6.92 Å². The van der Waals surface area contributed by atoms with Crippen LogP contribution < -0.4 is 0 Å². The number of hydrogen-bond donors (Lipinski definition) is 2. The van der Waals surface area contributed by atoms with Crippen molar-refractivity contribution >= 4 is 22.1 Å². The molecule has 1 aromatic heterocycles. The van der Waals surface area contributed by atoms with Crippen molar-refractivity contribution in [3.63, 3.8) is 0 Å². The minimum absolute atomic E-state index is 0.212. The van der Waals surface area contributed by atoms with Crippen molar-refractivity contribution in [3.05, 3.63) is 83.9 Å². The molecule has 1 atom stereocenters. The molecule has 1 amide bonds. The molecule has 0 fully saturated rings. The maximum atomic E-state index is 13.3. The number of carbonyl (C=O) groups is 2. The average molecular weight is 443 g/mol. The molecule has 2 aromatic carbocycles. The maximum absolute atomic E-state index is 13.3. The molecule has 1 heterocycles. The monoisotopic (exact) mass is 443 g/mol. The van der Waals surface area contributed by atoms with Crippen molar-refractivity contribution in [2.75, 3.05) is 0 Å². The molecule has 1 unspecified atom stereocenters. The minimum Gasteiger partial charge on any atom is -0.480 e. The summed E-state index contributed by atoms with van der Waals surface area (Å²) in [5.41, 5.74) is 1.79. The van der Waals surface area contributed by atoms with Gasteiger partial charge in [0.1, 0.15) is 6.61 Å². The Hall–Kier alpha value is -3.66. The van der Waals surface area contributed by atoms with Crippen LogP contribution in [-0.4, -0.2) is 45.9 Å². The molecule has 3 aromatic rings. The Morgan fingerprint density at radius 1 is 1.13 bits per heavy atom. The number of aryl methyl sites for hydroxylation is 1. The van der Waals surface area contributed by atoms with Gasteiger partial charge in [-0.25, -0.2) is 23.0 Å². The number of ether oxygens (including phenoxy) is 1. The Morgan fingerprint density at radius 2 is 1.81 bits per heavy atom. The molecule has 3 rings (SSSR count). The lowest BCUT2D eigenvalue weighted by molar-refractivity contribution is -0.141. The summed E-state index contributed by atoms with van der Waals surface area (Å²) in [7, 11) is -4.53. The SMILES string of the molecule is Cc1ccc(S(=O)(=O)N(C(=O)OCc2ccccc2)C(Cc2cnc[nH]2)C(=O)O)cc1. The Bertz CT molecular complexity index is 1130. The predicted octanol–water partition coefficient (Wildman–Crippen LogP) is 2.74. The third-order valence-electron chi connectivity index (χ3n) is 4.50. The van der Waals surface area contributed by atoms with Gasteiger partial charge < -0.3 is 14.8 Å². The number of carbonyl (C=O) groups excluding carboxylic acids is 1. The molecule has 0 saturated carbocycles. The third kappa shape index (κ3) is 5.28. The van der Waals surface area contributed by atoms with Crippen molar-refractivity contribution < 1.29 is 27.9 Å². The molecule has 2 N–H and O–H groups in total. The fourth-order valence-corrected chi connectivity index (χ4v) is 4.33. The number of hydrogen-bond acceptors (Lipinski definition) is 6.